The maximum atomic E-state index is 9.54. The van der Waals surface area contributed by atoms with Crippen LogP contribution in [0.3, 0.4) is 0 Å². The van der Waals surface area contributed by atoms with E-state index in [0.29, 0.717) is 6.54 Å². The first kappa shape index (κ1) is 14.2. The number of methoxy groups -OCH3 is 1. The highest BCUT2D eigenvalue weighted by Crippen LogP contribution is 2.27. The van der Waals surface area contributed by atoms with Gasteiger partial charge >= 0.3 is 0 Å². The number of fused-ring (bicyclic) bond motifs is 1. The number of aliphatic hydroxyl groups excluding tert-OH is 1. The van der Waals surface area contributed by atoms with Gasteiger partial charge in [-0.2, -0.15) is 0 Å². The fraction of sp³-hybridized carbons (Fsp3) is 0.176. The van der Waals surface area contributed by atoms with Crippen molar-refractivity contribution in [2.45, 2.75) is 13.2 Å². The Morgan fingerprint density at radius 2 is 2.00 bits per heavy atom. The lowest BCUT2D eigenvalue weighted by atomic mass is 10.1. The monoisotopic (exact) mass is 345 g/mol. The van der Waals surface area contributed by atoms with Crippen molar-refractivity contribution in [1.82, 2.24) is 4.57 Å². The average molecular weight is 346 g/mol. The molecule has 1 aromatic heterocycles. The Kier molecular flexibility index (Phi) is 3.99. The summed E-state index contributed by atoms with van der Waals surface area (Å²) >= 11 is 3.50. The van der Waals surface area contributed by atoms with Crippen molar-refractivity contribution in [2.75, 3.05) is 7.11 Å². The largest absolute Gasteiger partial charge is 0.496 e. The summed E-state index contributed by atoms with van der Waals surface area (Å²) in [6, 6.07) is 14.0. The molecule has 0 aliphatic carbocycles. The van der Waals surface area contributed by atoms with Crippen LogP contribution in [0.1, 0.15) is 11.1 Å². The van der Waals surface area contributed by atoms with Gasteiger partial charge in [-0.15, -0.1) is 0 Å². The molecule has 1 heterocycles. The van der Waals surface area contributed by atoms with Gasteiger partial charge in [-0.1, -0.05) is 34.1 Å². The fourth-order valence-corrected chi connectivity index (χ4v) is 3.06. The van der Waals surface area contributed by atoms with Gasteiger partial charge in [0, 0.05) is 21.8 Å². The molecule has 0 radical (unpaired) electrons. The number of hydrogen-bond acceptors (Lipinski definition) is 2. The van der Waals surface area contributed by atoms with Crippen LogP contribution in [-0.2, 0) is 13.2 Å². The fourth-order valence-electron chi connectivity index (χ4n) is 2.65. The molecule has 2 aromatic carbocycles. The van der Waals surface area contributed by atoms with Gasteiger partial charge in [-0.25, -0.2) is 0 Å². The van der Waals surface area contributed by atoms with Gasteiger partial charge < -0.3 is 14.4 Å². The first-order valence-electron chi connectivity index (χ1n) is 6.73. The van der Waals surface area contributed by atoms with Crippen LogP contribution < -0.4 is 4.74 Å². The van der Waals surface area contributed by atoms with Crippen LogP contribution in [0, 0.1) is 0 Å². The number of halogens is 1. The molecule has 3 aromatic rings. The minimum Gasteiger partial charge on any atom is -0.496 e. The molecule has 0 spiro atoms. The van der Waals surface area contributed by atoms with Gasteiger partial charge in [0.25, 0.3) is 0 Å². The number of aliphatic hydroxyl groups is 1. The van der Waals surface area contributed by atoms with Crippen molar-refractivity contribution in [2.24, 2.45) is 0 Å². The molecular weight excluding hydrogens is 330 g/mol. The predicted octanol–water partition coefficient (Wildman–Crippen LogP) is 3.95. The molecule has 4 heteroatoms. The van der Waals surface area contributed by atoms with Crippen molar-refractivity contribution < 1.29 is 9.84 Å². The second-order valence-electron chi connectivity index (χ2n) is 4.91. The standard InChI is InChI=1S/C17H16BrNO2/c1-21-16-6-5-15(18)9-14(16)10-19-8-7-12-3-2-4-13(11-20)17(12)19/h2-9,20H,10-11H2,1H3. The van der Waals surface area contributed by atoms with Crippen LogP contribution >= 0.6 is 15.9 Å². The van der Waals surface area contributed by atoms with Gasteiger partial charge in [-0.05, 0) is 29.7 Å². The van der Waals surface area contributed by atoms with Crippen LogP contribution in [-0.4, -0.2) is 16.8 Å². The minimum absolute atomic E-state index is 0.0387. The molecule has 21 heavy (non-hydrogen) atoms. The SMILES string of the molecule is COc1ccc(Br)cc1Cn1ccc2cccc(CO)c21. The second-order valence-corrected chi connectivity index (χ2v) is 5.83. The molecule has 0 aliphatic heterocycles. The smallest absolute Gasteiger partial charge is 0.123 e. The molecule has 0 saturated carbocycles. The highest BCUT2D eigenvalue weighted by molar-refractivity contribution is 9.10. The zero-order valence-electron chi connectivity index (χ0n) is 11.7. The molecule has 0 saturated heterocycles. The van der Waals surface area contributed by atoms with Gasteiger partial charge in [0.2, 0.25) is 0 Å². The summed E-state index contributed by atoms with van der Waals surface area (Å²) in [5, 5.41) is 10.7. The van der Waals surface area contributed by atoms with E-state index >= 15 is 0 Å². The van der Waals surface area contributed by atoms with Crippen LogP contribution in [0.2, 0.25) is 0 Å². The minimum atomic E-state index is 0.0387. The van der Waals surface area contributed by atoms with E-state index in [9.17, 15) is 5.11 Å². The Labute approximate surface area is 131 Å². The number of nitrogens with zero attached hydrogens (tertiary/aromatic N) is 1. The summed E-state index contributed by atoms with van der Waals surface area (Å²) in [5.41, 5.74) is 3.10. The Balaban J connectivity index is 2.08. The van der Waals surface area contributed by atoms with Gasteiger partial charge in [0.1, 0.15) is 5.75 Å². The van der Waals surface area contributed by atoms with Gasteiger partial charge in [-0.3, -0.25) is 0 Å². The number of rotatable bonds is 4. The van der Waals surface area contributed by atoms with E-state index in [2.05, 4.69) is 38.7 Å². The van der Waals surface area contributed by atoms with Crippen molar-refractivity contribution in [3.8, 4) is 5.75 Å². The topological polar surface area (TPSA) is 34.4 Å². The summed E-state index contributed by atoms with van der Waals surface area (Å²) < 4.78 is 8.60. The van der Waals surface area contributed by atoms with E-state index in [1.54, 1.807) is 7.11 Å². The van der Waals surface area contributed by atoms with E-state index in [1.807, 2.05) is 30.5 Å². The van der Waals surface area contributed by atoms with Crippen LogP contribution in [0.5, 0.6) is 5.75 Å². The Morgan fingerprint density at radius 3 is 2.76 bits per heavy atom. The highest BCUT2D eigenvalue weighted by atomic mass is 79.9. The third-order valence-electron chi connectivity index (χ3n) is 3.63. The zero-order chi connectivity index (χ0) is 14.8. The first-order valence-corrected chi connectivity index (χ1v) is 7.52. The van der Waals surface area contributed by atoms with Crippen LogP contribution in [0.4, 0.5) is 0 Å². The summed E-state index contributed by atoms with van der Waals surface area (Å²) in [6.45, 7) is 0.736. The van der Waals surface area contributed by atoms with E-state index in [0.717, 1.165) is 32.3 Å². The van der Waals surface area contributed by atoms with Crippen molar-refractivity contribution in [1.29, 1.82) is 0 Å². The lowest BCUT2D eigenvalue weighted by Crippen LogP contribution is -2.02. The summed E-state index contributed by atoms with van der Waals surface area (Å²) in [6.07, 6.45) is 2.05. The molecule has 0 fully saturated rings. The van der Waals surface area contributed by atoms with Crippen molar-refractivity contribution >= 4 is 26.8 Å². The third-order valence-corrected chi connectivity index (χ3v) is 4.12. The number of hydrogen-bond donors (Lipinski definition) is 1. The highest BCUT2D eigenvalue weighted by Gasteiger charge is 2.09. The predicted molar refractivity (Wildman–Crippen MR) is 87.7 cm³/mol. The number of para-hydroxylation sites is 1. The summed E-state index contributed by atoms with van der Waals surface area (Å²) in [5.74, 6) is 0.863. The second kappa shape index (κ2) is 5.92. The molecule has 0 amide bonds. The Bertz CT molecular complexity index is 780. The number of aromatic nitrogens is 1. The normalized spacial score (nSPS) is 11.0. The summed E-state index contributed by atoms with van der Waals surface area (Å²) in [4.78, 5) is 0. The number of ether oxygens (including phenoxy) is 1. The molecule has 0 bridgehead atoms. The maximum Gasteiger partial charge on any atom is 0.123 e. The quantitative estimate of drug-likeness (QED) is 0.776. The molecule has 1 N–H and O–H groups in total. The Morgan fingerprint density at radius 1 is 1.14 bits per heavy atom. The average Bonchev–Trinajstić information content (AvgIpc) is 2.91. The molecular formula is C17H16BrNO2. The lowest BCUT2D eigenvalue weighted by Gasteiger charge is -2.12. The first-order chi connectivity index (χ1) is 10.2. The molecule has 0 unspecified atom stereocenters. The molecule has 0 atom stereocenters. The van der Waals surface area contributed by atoms with Gasteiger partial charge in [0.15, 0.2) is 0 Å². The summed E-state index contributed by atoms with van der Waals surface area (Å²) in [7, 11) is 1.68. The van der Waals surface area contributed by atoms with Crippen molar-refractivity contribution in [3.63, 3.8) is 0 Å². The lowest BCUT2D eigenvalue weighted by molar-refractivity contribution is 0.283. The molecule has 3 rings (SSSR count). The van der Waals surface area contributed by atoms with E-state index in [4.69, 9.17) is 4.74 Å². The molecule has 108 valence electrons. The number of benzene rings is 2. The van der Waals surface area contributed by atoms with E-state index in [1.165, 1.54) is 0 Å². The maximum absolute atomic E-state index is 9.54. The molecule has 0 aliphatic rings. The van der Waals surface area contributed by atoms with Gasteiger partial charge in [0.05, 0.1) is 25.8 Å². The van der Waals surface area contributed by atoms with E-state index < -0.39 is 0 Å². The third kappa shape index (κ3) is 2.69. The van der Waals surface area contributed by atoms with Crippen LogP contribution in [0.25, 0.3) is 10.9 Å². The van der Waals surface area contributed by atoms with E-state index in [-0.39, 0.29) is 6.61 Å². The zero-order valence-corrected chi connectivity index (χ0v) is 13.3. The van der Waals surface area contributed by atoms with Crippen LogP contribution in [0.15, 0.2) is 53.1 Å². The molecule has 3 nitrogen and oxygen atoms in total. The Hall–Kier alpha value is -1.78. The van der Waals surface area contributed by atoms with Crippen molar-refractivity contribution in [3.05, 3.63) is 64.3 Å².